The average Bonchev–Trinajstić information content (AvgIpc) is 2.88. The quantitative estimate of drug-likeness (QED) is 0.558. The zero-order valence-corrected chi connectivity index (χ0v) is 22.2. The second-order valence-electron chi connectivity index (χ2n) is 11.3. The summed E-state index contributed by atoms with van der Waals surface area (Å²) in [7, 11) is 0. The Kier molecular flexibility index (Phi) is 6.61. The maximum Gasteiger partial charge on any atom is 0.250 e. The van der Waals surface area contributed by atoms with E-state index in [4.69, 9.17) is 4.42 Å². The number of rotatable bonds is 5. The Labute approximate surface area is 222 Å². The predicted octanol–water partition coefficient (Wildman–Crippen LogP) is 3.07. The Morgan fingerprint density at radius 2 is 1.74 bits per heavy atom. The number of hydrogen-bond donors (Lipinski definition) is 1. The van der Waals surface area contributed by atoms with E-state index < -0.39 is 0 Å². The molecule has 1 N–H and O–H groups in total. The van der Waals surface area contributed by atoms with Crippen LogP contribution in [-0.2, 0) is 19.6 Å². The number of anilines is 1. The summed E-state index contributed by atoms with van der Waals surface area (Å²) in [4.78, 5) is 31.9. The van der Waals surface area contributed by atoms with Crippen LogP contribution in [0, 0.1) is 19.8 Å². The highest BCUT2D eigenvalue weighted by Crippen LogP contribution is 2.35. The zero-order chi connectivity index (χ0) is 26.4. The van der Waals surface area contributed by atoms with Crippen molar-refractivity contribution in [2.75, 3.05) is 44.2 Å². The number of piperazine rings is 1. The van der Waals surface area contributed by atoms with Gasteiger partial charge in [-0.25, -0.2) is 0 Å². The molecule has 0 aliphatic carbocycles. The zero-order valence-electron chi connectivity index (χ0n) is 22.2. The largest absolute Gasteiger partial charge is 0.502 e. The summed E-state index contributed by atoms with van der Waals surface area (Å²) in [5.41, 5.74) is 4.62. The highest BCUT2D eigenvalue weighted by molar-refractivity contribution is 5.54. The Bertz CT molecular complexity index is 1450. The predicted molar refractivity (Wildman–Crippen MR) is 147 cm³/mol. The van der Waals surface area contributed by atoms with E-state index in [0.717, 1.165) is 57.9 Å². The van der Waals surface area contributed by atoms with Crippen LogP contribution in [0.25, 0.3) is 0 Å². The molecule has 2 bridgehead atoms. The van der Waals surface area contributed by atoms with Crippen LogP contribution >= 0.6 is 0 Å². The monoisotopic (exact) mass is 516 g/mol. The summed E-state index contributed by atoms with van der Waals surface area (Å²) in [5.74, 6) is 1.35. The molecule has 0 spiro atoms. The van der Waals surface area contributed by atoms with Gasteiger partial charge in [-0.15, -0.1) is 0 Å². The molecule has 2 aromatic heterocycles. The molecule has 200 valence electrons. The molecule has 6 rings (SSSR count). The molecule has 8 heteroatoms. The van der Waals surface area contributed by atoms with E-state index in [1.807, 2.05) is 10.6 Å². The maximum absolute atomic E-state index is 12.6. The van der Waals surface area contributed by atoms with Crippen molar-refractivity contribution in [2.24, 2.45) is 5.92 Å². The fraction of sp³-hybridized carbons (Fsp3) is 0.467. The van der Waals surface area contributed by atoms with E-state index in [1.165, 1.54) is 22.9 Å². The summed E-state index contributed by atoms with van der Waals surface area (Å²) >= 11 is 0. The van der Waals surface area contributed by atoms with Crippen LogP contribution < -0.4 is 15.9 Å². The highest BCUT2D eigenvalue weighted by Gasteiger charge is 2.34. The van der Waals surface area contributed by atoms with Gasteiger partial charge >= 0.3 is 0 Å². The smallest absolute Gasteiger partial charge is 0.250 e. The third kappa shape index (κ3) is 4.90. The first kappa shape index (κ1) is 24.9. The molecule has 0 unspecified atom stereocenters. The molecular formula is C30H36N4O4. The molecule has 0 amide bonds. The molecular weight excluding hydrogens is 480 g/mol. The SMILES string of the molecule is Cc1ccc(N2CCN(Cc3oc(CN4C[C@@H]5C[C@H](C4)c4cccc(=O)n4C5)cc(=O)c3O)CC2)c(C)c1. The fourth-order valence-electron chi connectivity index (χ4n) is 6.63. The number of nitrogens with zero attached hydrogens (tertiary/aromatic N) is 4. The second-order valence-corrected chi connectivity index (χ2v) is 11.3. The van der Waals surface area contributed by atoms with Gasteiger partial charge < -0.3 is 19.0 Å². The van der Waals surface area contributed by atoms with Crippen LogP contribution in [0.2, 0.25) is 0 Å². The van der Waals surface area contributed by atoms with Crippen LogP contribution in [-0.4, -0.2) is 58.7 Å². The van der Waals surface area contributed by atoms with E-state index in [0.29, 0.717) is 36.4 Å². The van der Waals surface area contributed by atoms with Crippen LogP contribution in [0.1, 0.15) is 40.7 Å². The molecule has 3 aliphatic heterocycles. The third-order valence-corrected chi connectivity index (χ3v) is 8.41. The number of aromatic nitrogens is 1. The lowest BCUT2D eigenvalue weighted by molar-refractivity contribution is 0.105. The minimum absolute atomic E-state index is 0.0784. The Morgan fingerprint density at radius 1 is 0.921 bits per heavy atom. The van der Waals surface area contributed by atoms with E-state index in [-0.39, 0.29) is 16.7 Å². The van der Waals surface area contributed by atoms with Crippen molar-refractivity contribution in [1.82, 2.24) is 14.4 Å². The topological polar surface area (TPSA) is 82.2 Å². The molecule has 3 aliphatic rings. The third-order valence-electron chi connectivity index (χ3n) is 8.41. The summed E-state index contributed by atoms with van der Waals surface area (Å²) in [5, 5.41) is 10.5. The van der Waals surface area contributed by atoms with E-state index in [9.17, 15) is 14.7 Å². The molecule has 1 aromatic carbocycles. The molecule has 2 atom stereocenters. The average molecular weight is 517 g/mol. The van der Waals surface area contributed by atoms with Gasteiger partial charge in [0.1, 0.15) is 5.76 Å². The standard InChI is InChI=1S/C30H36N4O4/c1-20-6-7-25(21(2)12-20)33-10-8-31(9-11-33)19-28-30(37)27(35)14-24(38-28)18-32-15-22-13-23(17-32)26-4-3-5-29(36)34(26)16-22/h3-7,12,14,22-23,37H,8-11,13,15-19H2,1-2H3/t22-,23+/m0/s1. The van der Waals surface area contributed by atoms with Gasteiger partial charge in [0, 0.05) is 75.2 Å². The highest BCUT2D eigenvalue weighted by atomic mass is 16.4. The Balaban J connectivity index is 1.12. The van der Waals surface area contributed by atoms with Crippen molar-refractivity contribution in [1.29, 1.82) is 0 Å². The van der Waals surface area contributed by atoms with Gasteiger partial charge in [0.15, 0.2) is 5.76 Å². The first-order valence-electron chi connectivity index (χ1n) is 13.7. The summed E-state index contributed by atoms with van der Waals surface area (Å²) < 4.78 is 8.07. The van der Waals surface area contributed by atoms with E-state index in [2.05, 4.69) is 52.8 Å². The van der Waals surface area contributed by atoms with Crippen LogP contribution in [0.5, 0.6) is 5.75 Å². The molecule has 0 radical (unpaired) electrons. The van der Waals surface area contributed by atoms with Gasteiger partial charge in [0.2, 0.25) is 11.2 Å². The van der Waals surface area contributed by atoms with Gasteiger partial charge in [-0.1, -0.05) is 23.8 Å². The van der Waals surface area contributed by atoms with Crippen LogP contribution in [0.15, 0.2) is 56.5 Å². The number of fused-ring (bicyclic) bond motifs is 4. The lowest BCUT2D eigenvalue weighted by Gasteiger charge is -2.42. The van der Waals surface area contributed by atoms with Gasteiger partial charge in [0.05, 0.1) is 13.1 Å². The lowest BCUT2D eigenvalue weighted by atomic mass is 9.83. The van der Waals surface area contributed by atoms with Crippen molar-refractivity contribution in [3.05, 3.63) is 91.4 Å². The van der Waals surface area contributed by atoms with Crippen molar-refractivity contribution < 1.29 is 9.52 Å². The summed E-state index contributed by atoms with van der Waals surface area (Å²) in [6.45, 7) is 11.0. The van der Waals surface area contributed by atoms with Crippen molar-refractivity contribution >= 4 is 5.69 Å². The number of benzene rings is 1. The first-order chi connectivity index (χ1) is 18.3. The van der Waals surface area contributed by atoms with Gasteiger partial charge in [-0.05, 0) is 43.9 Å². The van der Waals surface area contributed by atoms with Gasteiger partial charge in [-0.2, -0.15) is 0 Å². The van der Waals surface area contributed by atoms with Crippen molar-refractivity contribution in [3.8, 4) is 5.75 Å². The van der Waals surface area contributed by atoms with Gasteiger partial charge in [0.25, 0.3) is 5.56 Å². The van der Waals surface area contributed by atoms with E-state index in [1.54, 1.807) is 6.07 Å². The fourth-order valence-corrected chi connectivity index (χ4v) is 6.63. The Morgan fingerprint density at radius 3 is 2.53 bits per heavy atom. The molecule has 2 saturated heterocycles. The molecule has 38 heavy (non-hydrogen) atoms. The molecule has 2 fully saturated rings. The molecule has 0 saturated carbocycles. The van der Waals surface area contributed by atoms with Crippen molar-refractivity contribution in [2.45, 2.75) is 45.8 Å². The molecule has 3 aromatic rings. The molecule has 5 heterocycles. The second kappa shape index (κ2) is 10.1. The number of piperidine rings is 1. The number of aromatic hydroxyl groups is 1. The van der Waals surface area contributed by atoms with Crippen LogP contribution in [0.4, 0.5) is 5.69 Å². The summed E-state index contributed by atoms with van der Waals surface area (Å²) in [6, 6.07) is 13.5. The maximum atomic E-state index is 12.6. The minimum atomic E-state index is -0.385. The minimum Gasteiger partial charge on any atom is -0.502 e. The number of pyridine rings is 1. The number of aryl methyl sites for hydroxylation is 2. The number of likely N-dealkylation sites (tertiary alicyclic amines) is 1. The normalized spacial score (nSPS) is 21.9. The Hall–Kier alpha value is -3.36. The molecule has 8 nitrogen and oxygen atoms in total. The lowest BCUT2D eigenvalue weighted by Crippen LogP contribution is -2.46. The summed E-state index contributed by atoms with van der Waals surface area (Å²) in [6.07, 6.45) is 1.08. The van der Waals surface area contributed by atoms with Gasteiger partial charge in [-0.3, -0.25) is 19.4 Å². The van der Waals surface area contributed by atoms with Crippen LogP contribution in [0.3, 0.4) is 0 Å². The van der Waals surface area contributed by atoms with Crippen molar-refractivity contribution in [3.63, 3.8) is 0 Å². The number of hydrogen-bond acceptors (Lipinski definition) is 7. The van der Waals surface area contributed by atoms with E-state index >= 15 is 0 Å². The first-order valence-corrected chi connectivity index (χ1v) is 13.7.